The topological polar surface area (TPSA) is 44.9 Å². The van der Waals surface area contributed by atoms with Gasteiger partial charge in [-0.2, -0.15) is 0 Å². The van der Waals surface area contributed by atoms with Crippen LogP contribution in [0.4, 0.5) is 0 Å². The summed E-state index contributed by atoms with van der Waals surface area (Å²) in [7, 11) is 0. The summed E-state index contributed by atoms with van der Waals surface area (Å²) in [5.41, 5.74) is 1.58. The van der Waals surface area contributed by atoms with Crippen molar-refractivity contribution in [3.05, 3.63) is 35.0 Å². The lowest BCUT2D eigenvalue weighted by atomic mass is 10.0. The van der Waals surface area contributed by atoms with Gasteiger partial charge in [-0.3, -0.25) is 4.79 Å². The first-order valence-corrected chi connectivity index (χ1v) is 6.18. The second-order valence-electron chi connectivity index (χ2n) is 4.38. The molecule has 4 heteroatoms. The van der Waals surface area contributed by atoms with Gasteiger partial charge in [-0.05, 0) is 25.5 Å². The Morgan fingerprint density at radius 1 is 1.41 bits per heavy atom. The Kier molecular flexibility index (Phi) is 2.65. The number of ketones is 1. The van der Waals surface area contributed by atoms with Crippen molar-refractivity contribution in [1.82, 2.24) is 10.3 Å². The predicted octanol–water partition coefficient (Wildman–Crippen LogP) is 2.76. The van der Waals surface area contributed by atoms with E-state index in [1.54, 1.807) is 6.20 Å². The summed E-state index contributed by atoms with van der Waals surface area (Å²) < 4.78 is 0. The van der Waals surface area contributed by atoms with E-state index in [0.717, 1.165) is 35.9 Å². The van der Waals surface area contributed by atoms with Crippen LogP contribution < -0.4 is 5.32 Å². The summed E-state index contributed by atoms with van der Waals surface area (Å²) in [6, 6.07) is 5.59. The third-order valence-electron chi connectivity index (χ3n) is 3.31. The van der Waals surface area contributed by atoms with Crippen LogP contribution in [0, 0.1) is 0 Å². The highest BCUT2D eigenvalue weighted by molar-refractivity contribution is 6.35. The number of hydrogen-bond donors (Lipinski definition) is 2. The number of nitrogens with one attached hydrogen (secondary N) is 2. The van der Waals surface area contributed by atoms with E-state index < -0.39 is 0 Å². The Morgan fingerprint density at radius 2 is 2.29 bits per heavy atom. The molecule has 1 saturated heterocycles. The molecule has 0 radical (unpaired) electrons. The van der Waals surface area contributed by atoms with Gasteiger partial charge in [0.25, 0.3) is 0 Å². The number of carbonyl (C=O) groups excluding carboxylic acids is 1. The van der Waals surface area contributed by atoms with Crippen molar-refractivity contribution in [2.45, 2.75) is 18.9 Å². The van der Waals surface area contributed by atoms with Crippen LogP contribution in [0.1, 0.15) is 23.2 Å². The van der Waals surface area contributed by atoms with E-state index in [0.29, 0.717) is 5.02 Å². The predicted molar refractivity (Wildman–Crippen MR) is 68.7 cm³/mol. The fourth-order valence-electron chi connectivity index (χ4n) is 2.42. The van der Waals surface area contributed by atoms with Gasteiger partial charge in [0.15, 0.2) is 5.78 Å². The number of aromatic nitrogens is 1. The molecule has 0 amide bonds. The SMILES string of the molecule is O=C(c1c[nH]c2c(Cl)cccc12)C1CCCN1. The van der Waals surface area contributed by atoms with Crippen molar-refractivity contribution < 1.29 is 4.79 Å². The Balaban J connectivity index is 2.05. The zero-order valence-electron chi connectivity index (χ0n) is 9.29. The number of H-pyrrole nitrogens is 1. The van der Waals surface area contributed by atoms with E-state index in [1.807, 2.05) is 18.2 Å². The molecule has 1 atom stereocenters. The molecule has 2 heterocycles. The van der Waals surface area contributed by atoms with Crippen molar-refractivity contribution in [3.8, 4) is 0 Å². The van der Waals surface area contributed by atoms with Crippen molar-refractivity contribution in [2.75, 3.05) is 6.54 Å². The minimum absolute atomic E-state index is 0.0343. The van der Waals surface area contributed by atoms with Gasteiger partial charge in [-0.15, -0.1) is 0 Å². The van der Waals surface area contributed by atoms with Crippen LogP contribution >= 0.6 is 11.6 Å². The lowest BCUT2D eigenvalue weighted by Crippen LogP contribution is -2.30. The number of carbonyl (C=O) groups is 1. The van der Waals surface area contributed by atoms with E-state index >= 15 is 0 Å². The third-order valence-corrected chi connectivity index (χ3v) is 3.62. The molecule has 3 nitrogen and oxygen atoms in total. The maximum Gasteiger partial charge on any atom is 0.181 e. The van der Waals surface area contributed by atoms with Crippen LogP contribution in [-0.4, -0.2) is 23.4 Å². The van der Waals surface area contributed by atoms with Crippen molar-refractivity contribution in [1.29, 1.82) is 0 Å². The molecular formula is C13H13ClN2O. The number of halogens is 1. The summed E-state index contributed by atoms with van der Waals surface area (Å²) in [6.45, 7) is 0.930. The fourth-order valence-corrected chi connectivity index (χ4v) is 2.65. The molecule has 3 rings (SSSR count). The van der Waals surface area contributed by atoms with Crippen molar-refractivity contribution in [2.24, 2.45) is 0 Å². The number of fused-ring (bicyclic) bond motifs is 1. The molecule has 88 valence electrons. The minimum Gasteiger partial charge on any atom is -0.359 e. The van der Waals surface area contributed by atoms with E-state index in [4.69, 9.17) is 11.6 Å². The molecular weight excluding hydrogens is 236 g/mol. The summed E-state index contributed by atoms with van der Waals surface area (Å²) in [5.74, 6) is 0.163. The first kappa shape index (κ1) is 10.8. The number of aromatic amines is 1. The van der Waals surface area contributed by atoms with E-state index in [-0.39, 0.29) is 11.8 Å². The van der Waals surface area contributed by atoms with Gasteiger partial charge in [0.05, 0.1) is 16.6 Å². The molecule has 17 heavy (non-hydrogen) atoms. The Morgan fingerprint density at radius 3 is 3.06 bits per heavy atom. The lowest BCUT2D eigenvalue weighted by molar-refractivity contribution is 0.0954. The summed E-state index contributed by atoms with van der Waals surface area (Å²) >= 11 is 6.08. The normalized spacial score (nSPS) is 19.9. The highest BCUT2D eigenvalue weighted by Crippen LogP contribution is 2.26. The number of rotatable bonds is 2. The Hall–Kier alpha value is -1.32. The van der Waals surface area contributed by atoms with E-state index in [2.05, 4.69) is 10.3 Å². The number of benzene rings is 1. The number of para-hydroxylation sites is 1. The van der Waals surface area contributed by atoms with E-state index in [9.17, 15) is 4.79 Å². The molecule has 0 aliphatic carbocycles. The highest BCUT2D eigenvalue weighted by atomic mass is 35.5. The molecule has 1 fully saturated rings. The molecule has 0 bridgehead atoms. The first-order valence-electron chi connectivity index (χ1n) is 5.80. The molecule has 0 spiro atoms. The first-order chi connectivity index (χ1) is 8.27. The molecule has 2 aromatic rings. The monoisotopic (exact) mass is 248 g/mol. The molecule has 1 aliphatic heterocycles. The van der Waals surface area contributed by atoms with Crippen LogP contribution in [0.3, 0.4) is 0 Å². The molecule has 1 unspecified atom stereocenters. The highest BCUT2D eigenvalue weighted by Gasteiger charge is 2.25. The van der Waals surface area contributed by atoms with E-state index in [1.165, 1.54) is 0 Å². The van der Waals surface area contributed by atoms with Gasteiger partial charge in [-0.1, -0.05) is 23.7 Å². The Labute approximate surface area is 104 Å². The van der Waals surface area contributed by atoms with Gasteiger partial charge in [-0.25, -0.2) is 0 Å². The van der Waals surface area contributed by atoms with Gasteiger partial charge in [0, 0.05) is 17.1 Å². The van der Waals surface area contributed by atoms with Crippen LogP contribution in [0.15, 0.2) is 24.4 Å². The summed E-state index contributed by atoms with van der Waals surface area (Å²) in [4.78, 5) is 15.4. The average molecular weight is 249 g/mol. The van der Waals surface area contributed by atoms with Crippen LogP contribution in [0.25, 0.3) is 10.9 Å². The maximum absolute atomic E-state index is 12.3. The number of hydrogen-bond acceptors (Lipinski definition) is 2. The van der Waals surface area contributed by atoms with Gasteiger partial charge in [0.1, 0.15) is 0 Å². The summed E-state index contributed by atoms with van der Waals surface area (Å²) in [6.07, 6.45) is 3.75. The minimum atomic E-state index is -0.0343. The average Bonchev–Trinajstić information content (AvgIpc) is 2.98. The third kappa shape index (κ3) is 1.75. The van der Waals surface area contributed by atoms with Crippen LogP contribution in [0.2, 0.25) is 5.02 Å². The van der Waals surface area contributed by atoms with Crippen molar-refractivity contribution in [3.63, 3.8) is 0 Å². The van der Waals surface area contributed by atoms with Gasteiger partial charge >= 0.3 is 0 Å². The number of Topliss-reactive ketones (excluding diaryl/α,β-unsaturated/α-hetero) is 1. The summed E-state index contributed by atoms with van der Waals surface area (Å²) in [5, 5.41) is 4.79. The zero-order valence-corrected chi connectivity index (χ0v) is 10.1. The molecule has 1 aliphatic rings. The largest absolute Gasteiger partial charge is 0.359 e. The standard InChI is InChI=1S/C13H13ClN2O/c14-10-4-1-3-8-9(7-16-12(8)10)13(17)11-5-2-6-15-11/h1,3-4,7,11,15-16H,2,5-6H2. The molecule has 2 N–H and O–H groups in total. The maximum atomic E-state index is 12.3. The smallest absolute Gasteiger partial charge is 0.181 e. The zero-order chi connectivity index (χ0) is 11.8. The molecule has 1 aromatic carbocycles. The quantitative estimate of drug-likeness (QED) is 0.803. The molecule has 1 aromatic heterocycles. The fraction of sp³-hybridized carbons (Fsp3) is 0.308. The molecule has 0 saturated carbocycles. The second-order valence-corrected chi connectivity index (χ2v) is 4.79. The lowest BCUT2D eigenvalue weighted by Gasteiger charge is -2.07. The van der Waals surface area contributed by atoms with Gasteiger partial charge < -0.3 is 10.3 Å². The Bertz CT molecular complexity index is 570. The van der Waals surface area contributed by atoms with Crippen LogP contribution in [0.5, 0.6) is 0 Å². The van der Waals surface area contributed by atoms with Crippen molar-refractivity contribution >= 4 is 28.3 Å². The second kappa shape index (κ2) is 4.17. The van der Waals surface area contributed by atoms with Gasteiger partial charge in [0.2, 0.25) is 0 Å². The van der Waals surface area contributed by atoms with Crippen LogP contribution in [-0.2, 0) is 0 Å².